The summed E-state index contributed by atoms with van der Waals surface area (Å²) in [4.78, 5) is 25.0. The van der Waals surface area contributed by atoms with Crippen molar-refractivity contribution in [3.8, 4) is 0 Å². The van der Waals surface area contributed by atoms with E-state index < -0.39 is 20.0 Å². The first-order valence-corrected chi connectivity index (χ1v) is 23.3. The van der Waals surface area contributed by atoms with E-state index in [0.717, 1.165) is 51.4 Å². The first-order valence-electron chi connectivity index (χ1n) is 21.8. The van der Waals surface area contributed by atoms with Gasteiger partial charge in [-0.2, -0.15) is 0 Å². The number of aliphatic hydroxyl groups excluding tert-OH is 1. The Morgan fingerprint density at radius 3 is 1.81 bits per heavy atom. The number of rotatable bonds is 40. The number of ether oxygens (including phenoxy) is 2. The highest BCUT2D eigenvalue weighted by Crippen LogP contribution is 2.38. The third-order valence-corrected chi connectivity index (χ3v) is 10.3. The highest BCUT2D eigenvalue weighted by molar-refractivity contribution is 7.45. The molecule has 54 heavy (non-hydrogen) atoms. The van der Waals surface area contributed by atoms with E-state index in [9.17, 15) is 19.4 Å². The fraction of sp³-hybridized carbons (Fsp3) is 0.841. The smallest absolute Gasteiger partial charge is 0.306 e. The van der Waals surface area contributed by atoms with Gasteiger partial charge in [0.2, 0.25) is 0 Å². The van der Waals surface area contributed by atoms with Crippen molar-refractivity contribution >= 4 is 13.8 Å². The summed E-state index contributed by atoms with van der Waals surface area (Å²) in [5, 5.41) is 9.88. The molecule has 10 heteroatoms. The Labute approximate surface area is 332 Å². The van der Waals surface area contributed by atoms with E-state index in [2.05, 4.69) is 26.0 Å². The van der Waals surface area contributed by atoms with E-state index in [1.807, 2.05) is 39.4 Å². The third kappa shape index (κ3) is 40.3. The average molecular weight is 786 g/mol. The zero-order valence-corrected chi connectivity index (χ0v) is 36.4. The lowest BCUT2D eigenvalue weighted by atomic mass is 10.0. The highest BCUT2D eigenvalue weighted by Gasteiger charge is 2.20. The molecule has 9 nitrogen and oxygen atoms in total. The van der Waals surface area contributed by atoms with Gasteiger partial charge in [-0.1, -0.05) is 166 Å². The van der Waals surface area contributed by atoms with Crippen molar-refractivity contribution in [2.45, 2.75) is 187 Å². The molecule has 0 saturated heterocycles. The van der Waals surface area contributed by atoms with Gasteiger partial charge in [0.05, 0.1) is 40.5 Å². The van der Waals surface area contributed by atoms with E-state index in [-0.39, 0.29) is 32.2 Å². The van der Waals surface area contributed by atoms with Gasteiger partial charge in [0.15, 0.2) is 0 Å². The molecule has 0 bridgehead atoms. The summed E-state index contributed by atoms with van der Waals surface area (Å²) < 4.78 is 34.5. The largest absolute Gasteiger partial charge is 0.756 e. The number of phosphoric ester groups is 1. The molecule has 0 aliphatic heterocycles. The van der Waals surface area contributed by atoms with Crippen LogP contribution >= 0.6 is 7.82 Å². The van der Waals surface area contributed by atoms with Gasteiger partial charge >= 0.3 is 5.97 Å². The Morgan fingerprint density at radius 1 is 0.685 bits per heavy atom. The van der Waals surface area contributed by atoms with Gasteiger partial charge in [0.1, 0.15) is 19.3 Å². The first kappa shape index (κ1) is 52.7. The second-order valence-electron chi connectivity index (χ2n) is 15.9. The summed E-state index contributed by atoms with van der Waals surface area (Å²) in [6, 6.07) is 0. The molecule has 0 saturated carbocycles. The van der Waals surface area contributed by atoms with Crippen LogP contribution in [0.15, 0.2) is 36.5 Å². The minimum absolute atomic E-state index is 0.0131. The molecule has 0 fully saturated rings. The zero-order chi connectivity index (χ0) is 40.0. The fourth-order valence-corrected chi connectivity index (χ4v) is 6.60. The van der Waals surface area contributed by atoms with Crippen molar-refractivity contribution < 1.29 is 42.4 Å². The molecule has 0 aliphatic carbocycles. The van der Waals surface area contributed by atoms with Crippen LogP contribution in [0, 0.1) is 0 Å². The number of phosphoric acid groups is 1. The van der Waals surface area contributed by atoms with Crippen molar-refractivity contribution in [1.29, 1.82) is 0 Å². The number of nitrogens with zero attached hydrogens (tertiary/aromatic N) is 1. The summed E-state index contributed by atoms with van der Waals surface area (Å²) >= 11 is 0. The summed E-state index contributed by atoms with van der Waals surface area (Å²) in [6.45, 7) is 5.16. The van der Waals surface area contributed by atoms with Crippen molar-refractivity contribution in [3.63, 3.8) is 0 Å². The Bertz CT molecular complexity index is 980. The third-order valence-electron chi connectivity index (χ3n) is 9.29. The summed E-state index contributed by atoms with van der Waals surface area (Å²) in [7, 11) is 1.31. The number of hydrogen-bond acceptors (Lipinski definition) is 8. The van der Waals surface area contributed by atoms with Gasteiger partial charge in [-0.05, 0) is 38.5 Å². The molecule has 0 aromatic rings. The van der Waals surface area contributed by atoms with Crippen LogP contribution in [0.5, 0.6) is 0 Å². The van der Waals surface area contributed by atoms with Crippen molar-refractivity contribution in [2.24, 2.45) is 0 Å². The second-order valence-corrected chi connectivity index (χ2v) is 17.3. The SMILES string of the molecule is CC/C=C/CC(O)/C=C/C=C/CCCCCCCC(=O)OC(COCCCCCCCCCCCCCCCCCC)COP(=O)([O-])OCC[N+](C)(C)C. The molecule has 3 atom stereocenters. The molecule has 0 spiro atoms. The van der Waals surface area contributed by atoms with Crippen molar-refractivity contribution in [3.05, 3.63) is 36.5 Å². The van der Waals surface area contributed by atoms with E-state index >= 15 is 0 Å². The molecule has 0 aliphatic rings. The molecular formula is C44H84NO8P. The molecule has 0 rings (SSSR count). The maximum absolute atomic E-state index is 12.7. The van der Waals surface area contributed by atoms with E-state index in [0.29, 0.717) is 30.5 Å². The number of likely N-dealkylation sites (N-methyl/N-ethyl adjacent to an activating group) is 1. The van der Waals surface area contributed by atoms with Crippen LogP contribution < -0.4 is 4.89 Å². The average Bonchev–Trinajstić information content (AvgIpc) is 3.11. The molecule has 318 valence electrons. The van der Waals surface area contributed by atoms with Crippen molar-refractivity contribution in [1.82, 2.24) is 0 Å². The molecule has 0 aromatic carbocycles. The Balaban J connectivity index is 4.29. The number of quaternary nitrogens is 1. The van der Waals surface area contributed by atoms with Gasteiger partial charge in [-0.3, -0.25) is 9.36 Å². The van der Waals surface area contributed by atoms with Crippen LogP contribution in [0.2, 0.25) is 0 Å². The lowest BCUT2D eigenvalue weighted by Gasteiger charge is -2.28. The molecule has 0 amide bonds. The Morgan fingerprint density at radius 2 is 1.24 bits per heavy atom. The van der Waals surface area contributed by atoms with Gasteiger partial charge < -0.3 is 33.0 Å². The minimum atomic E-state index is -4.54. The monoisotopic (exact) mass is 786 g/mol. The standard InChI is InChI=1S/C44H84NO8P/c1-6-8-10-11-12-13-14-15-16-17-18-19-23-26-29-33-38-50-40-43(41-52-54(48,49)51-39-37-45(3,4)5)53-44(47)36-32-28-25-22-20-21-24-27-31-35-42(46)34-30-9-7-2/h9,24,27,30-31,35,42-43,46H,6-8,10-23,25-26,28-29,32-34,36-41H2,1-5H3/b27-24+,30-9+,35-31+. The topological polar surface area (TPSA) is 114 Å². The van der Waals surface area contributed by atoms with Crippen LogP contribution in [-0.4, -0.2) is 81.9 Å². The van der Waals surface area contributed by atoms with Crippen LogP contribution in [-0.2, 0) is 27.9 Å². The molecule has 0 aromatic heterocycles. The number of unbranched alkanes of at least 4 members (excludes halogenated alkanes) is 20. The molecule has 1 N–H and O–H groups in total. The van der Waals surface area contributed by atoms with Gasteiger partial charge in [0, 0.05) is 13.0 Å². The Hall–Kier alpha value is -1.32. The van der Waals surface area contributed by atoms with Gasteiger partial charge in [-0.15, -0.1) is 0 Å². The van der Waals surface area contributed by atoms with E-state index in [1.54, 1.807) is 6.08 Å². The quantitative estimate of drug-likeness (QED) is 0.0163. The van der Waals surface area contributed by atoms with Gasteiger partial charge in [0.25, 0.3) is 7.82 Å². The number of carbonyl (C=O) groups is 1. The number of esters is 1. The predicted octanol–water partition coefficient (Wildman–Crippen LogP) is 10.9. The predicted molar refractivity (Wildman–Crippen MR) is 223 cm³/mol. The molecule has 3 unspecified atom stereocenters. The van der Waals surface area contributed by atoms with E-state index in [4.69, 9.17) is 18.5 Å². The van der Waals surface area contributed by atoms with Crippen LogP contribution in [0.3, 0.4) is 0 Å². The van der Waals surface area contributed by atoms with Crippen molar-refractivity contribution in [2.75, 3.05) is 54.1 Å². The normalized spacial score (nSPS) is 14.7. The second kappa shape index (κ2) is 37.3. The van der Waals surface area contributed by atoms with E-state index in [1.165, 1.54) is 89.9 Å². The number of allylic oxidation sites excluding steroid dienone is 4. The lowest BCUT2D eigenvalue weighted by Crippen LogP contribution is -2.37. The lowest BCUT2D eigenvalue weighted by molar-refractivity contribution is -0.870. The molecule has 0 radical (unpaired) electrons. The Kier molecular flexibility index (Phi) is 36.4. The summed E-state index contributed by atoms with van der Waals surface area (Å²) in [5.41, 5.74) is 0. The minimum Gasteiger partial charge on any atom is -0.756 e. The number of carbonyl (C=O) groups excluding carboxylic acids is 1. The maximum atomic E-state index is 12.7. The number of aliphatic hydroxyl groups is 1. The van der Waals surface area contributed by atoms with Crippen LogP contribution in [0.4, 0.5) is 0 Å². The fourth-order valence-electron chi connectivity index (χ4n) is 5.88. The molecular weight excluding hydrogens is 701 g/mol. The number of hydrogen-bond donors (Lipinski definition) is 1. The first-order chi connectivity index (χ1) is 26.0. The maximum Gasteiger partial charge on any atom is 0.306 e. The highest BCUT2D eigenvalue weighted by atomic mass is 31.2. The summed E-state index contributed by atoms with van der Waals surface area (Å²) in [6.07, 6.45) is 39.1. The zero-order valence-electron chi connectivity index (χ0n) is 35.5. The van der Waals surface area contributed by atoms with Gasteiger partial charge in [-0.25, -0.2) is 0 Å². The molecule has 0 heterocycles. The van der Waals surface area contributed by atoms with Crippen LogP contribution in [0.1, 0.15) is 174 Å². The summed E-state index contributed by atoms with van der Waals surface area (Å²) in [5.74, 6) is -0.372. The van der Waals surface area contributed by atoms with Crippen LogP contribution in [0.25, 0.3) is 0 Å².